The van der Waals surface area contributed by atoms with Crippen molar-refractivity contribution in [1.29, 1.82) is 0 Å². The third kappa shape index (κ3) is 1.90. The number of halogens is 4. The third-order valence-electron chi connectivity index (χ3n) is 3.04. The highest BCUT2D eigenvalue weighted by Crippen LogP contribution is 2.35. The van der Waals surface area contributed by atoms with E-state index in [9.17, 15) is 17.6 Å². The summed E-state index contributed by atoms with van der Waals surface area (Å²) in [6.45, 7) is 0. The molecule has 0 saturated heterocycles. The molecule has 1 saturated carbocycles. The molecule has 0 bridgehead atoms. The van der Waals surface area contributed by atoms with Crippen molar-refractivity contribution in [3.8, 4) is 0 Å². The normalized spacial score (nSPS) is 17.8. The first kappa shape index (κ1) is 11.4. The van der Waals surface area contributed by atoms with Gasteiger partial charge >= 0.3 is 0 Å². The molecule has 1 aromatic rings. The van der Waals surface area contributed by atoms with E-state index in [1.807, 2.05) is 0 Å². The molecule has 0 atom stereocenters. The minimum absolute atomic E-state index is 0.378. The highest BCUT2D eigenvalue weighted by Gasteiger charge is 2.27. The Morgan fingerprint density at radius 2 is 1.44 bits per heavy atom. The Balaban J connectivity index is 2.42. The van der Waals surface area contributed by atoms with Gasteiger partial charge in [-0.15, -0.1) is 0 Å². The number of aromatic nitrogens is 1. The van der Waals surface area contributed by atoms with Gasteiger partial charge in [0.1, 0.15) is 0 Å². The summed E-state index contributed by atoms with van der Waals surface area (Å²) in [5.74, 6) is -6.41. The fourth-order valence-electron chi connectivity index (χ4n) is 2.23. The summed E-state index contributed by atoms with van der Waals surface area (Å²) in [4.78, 5) is 2.76. The van der Waals surface area contributed by atoms with Gasteiger partial charge in [-0.05, 0) is 18.8 Å². The number of pyridine rings is 1. The van der Waals surface area contributed by atoms with E-state index in [0.29, 0.717) is 12.8 Å². The lowest BCUT2D eigenvalue weighted by Gasteiger charge is -2.22. The average molecular weight is 233 g/mol. The zero-order chi connectivity index (χ0) is 11.7. The van der Waals surface area contributed by atoms with Crippen molar-refractivity contribution in [2.24, 2.45) is 0 Å². The number of rotatable bonds is 1. The molecule has 1 heterocycles. The predicted molar refractivity (Wildman–Crippen MR) is 49.9 cm³/mol. The Bertz CT molecular complexity index is 399. The maximum absolute atomic E-state index is 13.4. The van der Waals surface area contributed by atoms with Crippen molar-refractivity contribution in [2.75, 3.05) is 0 Å². The minimum atomic E-state index is -1.71. The van der Waals surface area contributed by atoms with E-state index in [-0.39, 0.29) is 5.92 Å². The first-order chi connectivity index (χ1) is 7.61. The summed E-state index contributed by atoms with van der Waals surface area (Å²) in [5, 5.41) is 0. The molecule has 1 aliphatic carbocycles. The van der Waals surface area contributed by atoms with Gasteiger partial charge in [0.25, 0.3) is 5.95 Å². The monoisotopic (exact) mass is 233 g/mol. The molecule has 88 valence electrons. The minimum Gasteiger partial charge on any atom is -0.203 e. The van der Waals surface area contributed by atoms with Crippen LogP contribution < -0.4 is 0 Å². The van der Waals surface area contributed by atoms with Crippen molar-refractivity contribution in [3.63, 3.8) is 0 Å². The topological polar surface area (TPSA) is 12.9 Å². The zero-order valence-electron chi connectivity index (χ0n) is 8.57. The first-order valence-corrected chi connectivity index (χ1v) is 5.31. The Kier molecular flexibility index (Phi) is 3.12. The van der Waals surface area contributed by atoms with Gasteiger partial charge in [-0.1, -0.05) is 19.3 Å². The molecule has 0 unspecified atom stereocenters. The van der Waals surface area contributed by atoms with Gasteiger partial charge in [0, 0.05) is 5.56 Å². The van der Waals surface area contributed by atoms with E-state index in [1.54, 1.807) is 0 Å². The smallest absolute Gasteiger partial charge is 0.203 e. The molecule has 1 aromatic heterocycles. The van der Waals surface area contributed by atoms with Crippen LogP contribution in [0.1, 0.15) is 43.6 Å². The second-order valence-electron chi connectivity index (χ2n) is 4.07. The Morgan fingerprint density at radius 3 is 2.06 bits per heavy atom. The van der Waals surface area contributed by atoms with Gasteiger partial charge in [0.05, 0.1) is 0 Å². The molecule has 0 N–H and O–H groups in total. The van der Waals surface area contributed by atoms with Gasteiger partial charge in [-0.25, -0.2) is 4.39 Å². The Labute approximate surface area is 90.5 Å². The molecule has 1 nitrogen and oxygen atoms in total. The van der Waals surface area contributed by atoms with Crippen LogP contribution in [-0.2, 0) is 0 Å². The van der Waals surface area contributed by atoms with Gasteiger partial charge in [0.15, 0.2) is 5.82 Å². The fraction of sp³-hybridized carbons (Fsp3) is 0.545. The molecule has 0 amide bonds. The van der Waals surface area contributed by atoms with Crippen LogP contribution in [0.3, 0.4) is 0 Å². The molecule has 1 aliphatic rings. The van der Waals surface area contributed by atoms with E-state index in [2.05, 4.69) is 4.98 Å². The molecule has 16 heavy (non-hydrogen) atoms. The SMILES string of the molecule is Fc1nc(F)c(C2CCCCC2)c(F)c1F. The maximum atomic E-state index is 13.4. The largest absolute Gasteiger partial charge is 0.254 e. The average Bonchev–Trinajstić information content (AvgIpc) is 2.28. The van der Waals surface area contributed by atoms with E-state index in [4.69, 9.17) is 0 Å². The highest BCUT2D eigenvalue weighted by molar-refractivity contribution is 5.21. The molecular weight excluding hydrogens is 222 g/mol. The van der Waals surface area contributed by atoms with Crippen molar-refractivity contribution in [3.05, 3.63) is 29.1 Å². The van der Waals surface area contributed by atoms with Crippen LogP contribution in [-0.4, -0.2) is 4.98 Å². The molecular formula is C11H11F4N. The molecule has 0 radical (unpaired) electrons. The molecule has 0 aliphatic heterocycles. The second kappa shape index (κ2) is 4.39. The van der Waals surface area contributed by atoms with Crippen LogP contribution in [0.4, 0.5) is 17.6 Å². The molecule has 0 aromatic carbocycles. The fourth-order valence-corrected chi connectivity index (χ4v) is 2.23. The van der Waals surface area contributed by atoms with Crippen molar-refractivity contribution in [2.45, 2.75) is 38.0 Å². The lowest BCUT2D eigenvalue weighted by atomic mass is 9.84. The predicted octanol–water partition coefficient (Wildman–Crippen LogP) is 3.69. The number of hydrogen-bond acceptors (Lipinski definition) is 1. The van der Waals surface area contributed by atoms with E-state index in [1.165, 1.54) is 0 Å². The summed E-state index contributed by atoms with van der Waals surface area (Å²) >= 11 is 0. The van der Waals surface area contributed by atoms with Crippen LogP contribution in [0.15, 0.2) is 0 Å². The quantitative estimate of drug-likeness (QED) is 0.532. The van der Waals surface area contributed by atoms with Crippen LogP contribution in [0, 0.1) is 23.5 Å². The lowest BCUT2D eigenvalue weighted by molar-refractivity contribution is 0.360. The summed E-state index contributed by atoms with van der Waals surface area (Å²) in [6, 6.07) is 0. The molecule has 1 fully saturated rings. The van der Waals surface area contributed by atoms with Gasteiger partial charge in [-0.2, -0.15) is 18.2 Å². The van der Waals surface area contributed by atoms with E-state index < -0.39 is 29.1 Å². The summed E-state index contributed by atoms with van der Waals surface area (Å²) < 4.78 is 52.3. The Morgan fingerprint density at radius 1 is 0.812 bits per heavy atom. The third-order valence-corrected chi connectivity index (χ3v) is 3.04. The second-order valence-corrected chi connectivity index (χ2v) is 4.07. The number of hydrogen-bond donors (Lipinski definition) is 0. The number of nitrogens with zero attached hydrogens (tertiary/aromatic N) is 1. The molecule has 0 spiro atoms. The van der Waals surface area contributed by atoms with E-state index >= 15 is 0 Å². The van der Waals surface area contributed by atoms with Gasteiger partial charge < -0.3 is 0 Å². The summed E-state index contributed by atoms with van der Waals surface area (Å²) in [5.41, 5.74) is -0.390. The summed E-state index contributed by atoms with van der Waals surface area (Å²) in [6.07, 6.45) is 3.91. The zero-order valence-corrected chi connectivity index (χ0v) is 8.57. The summed E-state index contributed by atoms with van der Waals surface area (Å²) in [7, 11) is 0. The maximum Gasteiger partial charge on any atom is 0.254 e. The first-order valence-electron chi connectivity index (χ1n) is 5.31. The van der Waals surface area contributed by atoms with Crippen LogP contribution in [0.5, 0.6) is 0 Å². The highest BCUT2D eigenvalue weighted by atomic mass is 19.2. The van der Waals surface area contributed by atoms with Crippen molar-refractivity contribution >= 4 is 0 Å². The Hall–Kier alpha value is -1.13. The molecule has 2 rings (SSSR count). The van der Waals surface area contributed by atoms with Crippen LogP contribution >= 0.6 is 0 Å². The van der Waals surface area contributed by atoms with Gasteiger partial charge in [-0.3, -0.25) is 0 Å². The van der Waals surface area contributed by atoms with Crippen LogP contribution in [0.25, 0.3) is 0 Å². The van der Waals surface area contributed by atoms with E-state index in [0.717, 1.165) is 19.3 Å². The molecule has 5 heteroatoms. The van der Waals surface area contributed by atoms with Gasteiger partial charge in [0.2, 0.25) is 11.8 Å². The van der Waals surface area contributed by atoms with Crippen LogP contribution in [0.2, 0.25) is 0 Å². The lowest BCUT2D eigenvalue weighted by Crippen LogP contribution is -2.13. The van der Waals surface area contributed by atoms with Crippen molar-refractivity contribution in [1.82, 2.24) is 4.98 Å². The van der Waals surface area contributed by atoms with Crippen molar-refractivity contribution < 1.29 is 17.6 Å². The standard InChI is InChI=1S/C11H11F4N/c12-8-7(6-4-2-1-3-5-6)10(14)16-11(15)9(8)13/h6H,1-5H2.